The van der Waals surface area contributed by atoms with Gasteiger partial charge in [0.1, 0.15) is 0 Å². The van der Waals surface area contributed by atoms with E-state index in [9.17, 15) is 4.79 Å². The number of benzene rings is 1. The maximum Gasteiger partial charge on any atom is 0.261 e. The molecule has 98 valence electrons. The molecule has 1 aromatic heterocycles. The number of carbonyl (C=O) groups is 1. The highest BCUT2D eigenvalue weighted by atomic mass is 35.5. The van der Waals surface area contributed by atoms with Gasteiger partial charge in [0.15, 0.2) is 0 Å². The van der Waals surface area contributed by atoms with Gasteiger partial charge in [-0.3, -0.25) is 10.1 Å². The van der Waals surface area contributed by atoms with Gasteiger partial charge in [-0.05, 0) is 26.0 Å². The lowest BCUT2D eigenvalue weighted by atomic mass is 10.1. The molecule has 0 spiro atoms. The number of aryl methyl sites for hydroxylation is 2. The second kappa shape index (κ2) is 5.19. The molecule has 0 aliphatic rings. The van der Waals surface area contributed by atoms with Crippen LogP contribution in [0.5, 0.6) is 0 Å². The van der Waals surface area contributed by atoms with E-state index in [2.05, 4.69) is 20.5 Å². The summed E-state index contributed by atoms with van der Waals surface area (Å²) in [7, 11) is 0. The van der Waals surface area contributed by atoms with Crippen molar-refractivity contribution >= 4 is 29.1 Å². The van der Waals surface area contributed by atoms with Crippen LogP contribution in [0.3, 0.4) is 0 Å². The summed E-state index contributed by atoms with van der Waals surface area (Å²) in [6.07, 6.45) is 0. The molecule has 0 unspecified atom stereocenters. The maximum absolute atomic E-state index is 12.1. The van der Waals surface area contributed by atoms with Gasteiger partial charge in [0, 0.05) is 5.69 Å². The molecule has 0 bridgehead atoms. The number of halogens is 1. The second-order valence-electron chi connectivity index (χ2n) is 3.96. The average molecular weight is 278 g/mol. The Balaban J connectivity index is 2.28. The van der Waals surface area contributed by atoms with Gasteiger partial charge in [-0.25, -0.2) is 4.98 Å². The Hall–Kier alpha value is -2.21. The number of nitrogens with two attached hydrogens (primary N) is 1. The maximum atomic E-state index is 12.1. The third-order valence-corrected chi connectivity index (χ3v) is 2.91. The van der Waals surface area contributed by atoms with E-state index in [0.717, 1.165) is 0 Å². The number of rotatable bonds is 2. The number of carbonyl (C=O) groups excluding carboxylic acids is 1. The van der Waals surface area contributed by atoms with E-state index < -0.39 is 5.91 Å². The molecule has 0 atom stereocenters. The smallest absolute Gasteiger partial charge is 0.261 e. The molecule has 3 N–H and O–H groups in total. The van der Waals surface area contributed by atoms with Crippen LogP contribution < -0.4 is 11.1 Å². The van der Waals surface area contributed by atoms with Crippen LogP contribution in [0.25, 0.3) is 0 Å². The third kappa shape index (κ3) is 2.79. The summed E-state index contributed by atoms with van der Waals surface area (Å²) in [6, 6.07) is 4.86. The Morgan fingerprint density at radius 3 is 2.63 bits per heavy atom. The van der Waals surface area contributed by atoms with Crippen LogP contribution in [-0.4, -0.2) is 21.1 Å². The number of anilines is 2. The molecule has 0 aliphatic carbocycles. The van der Waals surface area contributed by atoms with Crippen molar-refractivity contribution < 1.29 is 4.79 Å². The van der Waals surface area contributed by atoms with Crippen LogP contribution in [0.4, 0.5) is 11.6 Å². The number of nitrogens with one attached hydrogen (secondary N) is 1. The molecule has 1 amide bonds. The first-order chi connectivity index (χ1) is 8.99. The summed E-state index contributed by atoms with van der Waals surface area (Å²) >= 11 is 5.95. The Morgan fingerprint density at radius 1 is 1.26 bits per heavy atom. The van der Waals surface area contributed by atoms with Crippen LogP contribution in [0.15, 0.2) is 18.2 Å². The Morgan fingerprint density at radius 2 is 2.00 bits per heavy atom. The molecule has 0 radical (unpaired) electrons. The predicted octanol–water partition coefficient (Wildman–Crippen LogP) is 1.98. The predicted molar refractivity (Wildman–Crippen MR) is 73.1 cm³/mol. The number of nitrogen functional groups attached to an aromatic ring is 1. The Bertz CT molecular complexity index is 624. The normalized spacial score (nSPS) is 10.3. The summed E-state index contributed by atoms with van der Waals surface area (Å²) in [4.78, 5) is 16.2. The van der Waals surface area contributed by atoms with Crippen molar-refractivity contribution in [1.82, 2.24) is 15.2 Å². The summed E-state index contributed by atoms with van der Waals surface area (Å²) in [6.45, 7) is 3.57. The van der Waals surface area contributed by atoms with Crippen LogP contribution in [0, 0.1) is 13.8 Å². The molecule has 0 aliphatic heterocycles. The highest BCUT2D eigenvalue weighted by Crippen LogP contribution is 2.22. The van der Waals surface area contributed by atoms with Crippen molar-refractivity contribution in [2.45, 2.75) is 13.8 Å². The quantitative estimate of drug-likeness (QED) is 0.819. The number of amides is 1. The first-order valence-electron chi connectivity index (χ1n) is 5.52. The fourth-order valence-corrected chi connectivity index (χ4v) is 1.72. The fourth-order valence-electron chi connectivity index (χ4n) is 1.45. The van der Waals surface area contributed by atoms with E-state index in [1.165, 1.54) is 0 Å². The van der Waals surface area contributed by atoms with Gasteiger partial charge in [-0.2, -0.15) is 5.10 Å². The minimum atomic E-state index is -0.465. The van der Waals surface area contributed by atoms with Gasteiger partial charge in [-0.15, -0.1) is 5.10 Å². The minimum Gasteiger partial charge on any atom is -0.398 e. The van der Waals surface area contributed by atoms with Crippen LogP contribution >= 0.6 is 11.6 Å². The van der Waals surface area contributed by atoms with Crippen LogP contribution in [-0.2, 0) is 0 Å². The monoisotopic (exact) mass is 277 g/mol. The Kier molecular flexibility index (Phi) is 3.62. The molecular formula is C12H12ClN5O. The van der Waals surface area contributed by atoms with E-state index in [1.807, 2.05) is 0 Å². The summed E-state index contributed by atoms with van der Waals surface area (Å²) in [5, 5.41) is 10.5. The number of hydrogen-bond donors (Lipinski definition) is 2. The van der Waals surface area contributed by atoms with Crippen molar-refractivity contribution in [3.63, 3.8) is 0 Å². The summed E-state index contributed by atoms with van der Waals surface area (Å²) < 4.78 is 0. The molecule has 1 heterocycles. The summed E-state index contributed by atoms with van der Waals surface area (Å²) in [5.74, 6) is -0.347. The van der Waals surface area contributed by atoms with Crippen molar-refractivity contribution in [2.24, 2.45) is 0 Å². The van der Waals surface area contributed by atoms with Gasteiger partial charge in [0.05, 0.1) is 22.0 Å². The first-order valence-corrected chi connectivity index (χ1v) is 5.90. The van der Waals surface area contributed by atoms with Gasteiger partial charge in [-0.1, -0.05) is 17.7 Å². The number of nitrogens with zero attached hydrogens (tertiary/aromatic N) is 3. The summed E-state index contributed by atoms with van der Waals surface area (Å²) in [5.41, 5.74) is 7.62. The molecule has 19 heavy (non-hydrogen) atoms. The van der Waals surface area contributed by atoms with Crippen molar-refractivity contribution in [2.75, 3.05) is 11.1 Å². The largest absolute Gasteiger partial charge is 0.398 e. The highest BCUT2D eigenvalue weighted by molar-refractivity contribution is 6.35. The van der Waals surface area contributed by atoms with Crippen molar-refractivity contribution in [3.8, 4) is 0 Å². The van der Waals surface area contributed by atoms with E-state index in [-0.39, 0.29) is 16.5 Å². The second-order valence-corrected chi connectivity index (χ2v) is 4.37. The molecule has 7 heteroatoms. The van der Waals surface area contributed by atoms with Crippen LogP contribution in [0.2, 0.25) is 5.02 Å². The minimum absolute atomic E-state index is 0.118. The van der Waals surface area contributed by atoms with Crippen LogP contribution in [0.1, 0.15) is 21.7 Å². The van der Waals surface area contributed by atoms with E-state index in [4.69, 9.17) is 17.3 Å². The average Bonchev–Trinajstić information content (AvgIpc) is 2.33. The zero-order chi connectivity index (χ0) is 14.0. The molecule has 0 saturated carbocycles. The van der Waals surface area contributed by atoms with Crippen molar-refractivity contribution in [1.29, 1.82) is 0 Å². The number of aromatic nitrogens is 3. The lowest BCUT2D eigenvalue weighted by Crippen LogP contribution is -2.17. The zero-order valence-corrected chi connectivity index (χ0v) is 11.2. The van der Waals surface area contributed by atoms with Gasteiger partial charge < -0.3 is 5.73 Å². The molecule has 1 aromatic carbocycles. The molecule has 0 fully saturated rings. The van der Waals surface area contributed by atoms with E-state index in [0.29, 0.717) is 17.1 Å². The zero-order valence-electron chi connectivity index (χ0n) is 10.4. The Labute approximate surface area is 115 Å². The van der Waals surface area contributed by atoms with Gasteiger partial charge in [0.2, 0.25) is 5.95 Å². The standard InChI is InChI=1S/C12H12ClN5O/c1-6-7(2)17-18-12(15-6)16-11(19)10-8(13)4-3-5-9(10)14/h3-5H,14H2,1-2H3,(H,15,16,18,19). The molecule has 0 saturated heterocycles. The first kappa shape index (κ1) is 13.2. The van der Waals surface area contributed by atoms with Crippen molar-refractivity contribution in [3.05, 3.63) is 40.2 Å². The van der Waals surface area contributed by atoms with Gasteiger partial charge in [0.25, 0.3) is 5.91 Å². The third-order valence-electron chi connectivity index (χ3n) is 2.59. The lowest BCUT2D eigenvalue weighted by Gasteiger charge is -2.08. The SMILES string of the molecule is Cc1nnc(NC(=O)c2c(N)cccc2Cl)nc1C. The molecule has 2 rings (SSSR count). The molecule has 6 nitrogen and oxygen atoms in total. The lowest BCUT2D eigenvalue weighted by molar-refractivity contribution is 0.102. The van der Waals surface area contributed by atoms with E-state index >= 15 is 0 Å². The van der Waals surface area contributed by atoms with Gasteiger partial charge >= 0.3 is 0 Å². The molecular weight excluding hydrogens is 266 g/mol. The van der Waals surface area contributed by atoms with E-state index in [1.54, 1.807) is 32.0 Å². The molecule has 2 aromatic rings. The number of hydrogen-bond acceptors (Lipinski definition) is 5. The fraction of sp³-hybridized carbons (Fsp3) is 0.167. The highest BCUT2D eigenvalue weighted by Gasteiger charge is 2.15. The topological polar surface area (TPSA) is 93.8 Å².